The van der Waals surface area contributed by atoms with E-state index in [0.29, 0.717) is 37.6 Å². The number of amides is 2. The molecule has 2 aliphatic heterocycles. The fourth-order valence-electron chi connectivity index (χ4n) is 5.29. The Morgan fingerprint density at radius 3 is 2.30 bits per heavy atom. The third kappa shape index (κ3) is 7.06. The number of ether oxygens (including phenoxy) is 1. The fourth-order valence-corrected chi connectivity index (χ4v) is 5.29. The molecule has 1 atom stereocenters. The predicted octanol–water partition coefficient (Wildman–Crippen LogP) is 4.81. The number of nitrogens with zero attached hydrogens (tertiary/aromatic N) is 2. The molecule has 37 heavy (non-hydrogen) atoms. The van der Waals surface area contributed by atoms with Crippen LogP contribution >= 0.6 is 0 Å². The zero-order valence-corrected chi connectivity index (χ0v) is 21.7. The van der Waals surface area contributed by atoms with Crippen molar-refractivity contribution in [2.45, 2.75) is 57.7 Å². The van der Waals surface area contributed by atoms with Crippen LogP contribution in [0, 0.1) is 11.7 Å². The lowest BCUT2D eigenvalue weighted by atomic mass is 9.96. The molecule has 0 saturated carbocycles. The van der Waals surface area contributed by atoms with Gasteiger partial charge in [0.15, 0.2) is 0 Å². The Morgan fingerprint density at radius 2 is 1.68 bits per heavy atom. The van der Waals surface area contributed by atoms with E-state index < -0.39 is 29.3 Å². The molecule has 2 amide bonds. The van der Waals surface area contributed by atoms with Crippen LogP contribution in [0.2, 0.25) is 0 Å². The molecule has 2 heterocycles. The van der Waals surface area contributed by atoms with Crippen LogP contribution in [0.25, 0.3) is 11.1 Å². The van der Waals surface area contributed by atoms with E-state index in [9.17, 15) is 18.4 Å². The number of carbonyl (C=O) groups excluding carboxylic acids is 2. The van der Waals surface area contributed by atoms with E-state index in [-0.39, 0.29) is 5.56 Å². The molecule has 4 rings (SSSR count). The number of primary amides is 1. The smallest absolute Gasteiger partial charge is 0.257 e. The third-order valence-corrected chi connectivity index (χ3v) is 7.27. The zero-order chi connectivity index (χ0) is 26.6. The average molecular weight is 514 g/mol. The molecule has 6 nitrogen and oxygen atoms in total. The van der Waals surface area contributed by atoms with Crippen molar-refractivity contribution in [3.8, 4) is 16.9 Å². The highest BCUT2D eigenvalue weighted by Gasteiger charge is 2.32. The second-order valence-electron chi connectivity index (χ2n) is 10.9. The summed E-state index contributed by atoms with van der Waals surface area (Å²) in [6.45, 7) is 6.46. The summed E-state index contributed by atoms with van der Waals surface area (Å²) < 4.78 is 34.8. The lowest BCUT2D eigenvalue weighted by Crippen LogP contribution is -2.50. The number of carbonyl (C=O) groups is 2. The molecule has 2 aromatic rings. The van der Waals surface area contributed by atoms with E-state index in [2.05, 4.69) is 4.90 Å². The number of hydrogen-bond donors (Lipinski definition) is 1. The number of piperidine rings is 2. The number of likely N-dealkylation sites (tertiary alicyclic amines) is 2. The Labute approximate surface area is 217 Å². The van der Waals surface area contributed by atoms with Crippen molar-refractivity contribution in [2.75, 3.05) is 32.8 Å². The first-order valence-corrected chi connectivity index (χ1v) is 13.1. The summed E-state index contributed by atoms with van der Waals surface area (Å²) >= 11 is 0. The summed E-state index contributed by atoms with van der Waals surface area (Å²) in [7, 11) is 0. The van der Waals surface area contributed by atoms with E-state index in [4.69, 9.17) is 10.5 Å². The van der Waals surface area contributed by atoms with Gasteiger partial charge in [-0.2, -0.15) is 0 Å². The van der Waals surface area contributed by atoms with Gasteiger partial charge in [-0.05, 0) is 100 Å². The number of halogens is 2. The SMILES string of the molecule is CC(C)(F)CN1CCC(COc2ccc(-c3ccc(C(=O)N4CCCC[C@H]4C(N)=O)c(F)c3)cc2)CC1. The van der Waals surface area contributed by atoms with Gasteiger partial charge < -0.3 is 20.3 Å². The van der Waals surface area contributed by atoms with Crippen molar-refractivity contribution >= 4 is 11.8 Å². The molecular formula is C29H37F2N3O3. The molecular weight excluding hydrogens is 476 g/mol. The number of alkyl halides is 1. The highest BCUT2D eigenvalue weighted by Crippen LogP contribution is 2.27. The molecule has 200 valence electrons. The van der Waals surface area contributed by atoms with Crippen molar-refractivity contribution < 1.29 is 23.1 Å². The highest BCUT2D eigenvalue weighted by molar-refractivity contribution is 5.98. The van der Waals surface area contributed by atoms with Gasteiger partial charge in [-0.1, -0.05) is 18.2 Å². The highest BCUT2D eigenvalue weighted by atomic mass is 19.1. The zero-order valence-electron chi connectivity index (χ0n) is 21.7. The van der Waals surface area contributed by atoms with Gasteiger partial charge in [-0.25, -0.2) is 8.78 Å². The standard InChI is InChI=1S/C29H37F2N3O3/c1-29(2,31)19-33-15-12-20(13-16-33)18-37-23-9-6-21(7-10-23)22-8-11-24(25(30)17-22)28(36)34-14-4-3-5-26(34)27(32)35/h6-11,17,20,26H,3-5,12-16,18-19H2,1-2H3,(H2,32,35)/t26-/m0/s1. The molecule has 8 heteroatoms. The predicted molar refractivity (Wildman–Crippen MR) is 140 cm³/mol. The average Bonchev–Trinajstić information content (AvgIpc) is 2.87. The fraction of sp³-hybridized carbons (Fsp3) is 0.517. The Balaban J connectivity index is 1.33. The number of nitrogens with two attached hydrogens (primary N) is 1. The summed E-state index contributed by atoms with van der Waals surface area (Å²) in [5.74, 6) is -0.508. The molecule has 0 aromatic heterocycles. The van der Waals surface area contributed by atoms with Gasteiger partial charge in [0.05, 0.1) is 12.2 Å². The molecule has 0 unspecified atom stereocenters. The van der Waals surface area contributed by atoms with Crippen molar-refractivity contribution in [1.29, 1.82) is 0 Å². The van der Waals surface area contributed by atoms with E-state index in [1.807, 2.05) is 24.3 Å². The van der Waals surface area contributed by atoms with Crippen LogP contribution in [-0.2, 0) is 4.79 Å². The Kier molecular flexibility index (Phi) is 8.47. The van der Waals surface area contributed by atoms with Crippen LogP contribution in [-0.4, -0.2) is 66.1 Å². The molecule has 0 bridgehead atoms. The van der Waals surface area contributed by atoms with Gasteiger partial charge in [-0.15, -0.1) is 0 Å². The maximum absolute atomic E-state index is 15.0. The van der Waals surface area contributed by atoms with E-state index >= 15 is 0 Å². The summed E-state index contributed by atoms with van der Waals surface area (Å²) in [5, 5.41) is 0. The van der Waals surface area contributed by atoms with Crippen molar-refractivity contribution in [1.82, 2.24) is 9.80 Å². The minimum absolute atomic E-state index is 0.0574. The van der Waals surface area contributed by atoms with E-state index in [0.717, 1.165) is 50.1 Å². The van der Waals surface area contributed by atoms with Crippen molar-refractivity contribution in [3.05, 3.63) is 53.8 Å². The summed E-state index contributed by atoms with van der Waals surface area (Å²) in [5.41, 5.74) is 5.68. The number of hydrogen-bond acceptors (Lipinski definition) is 4. The van der Waals surface area contributed by atoms with Crippen LogP contribution < -0.4 is 10.5 Å². The van der Waals surface area contributed by atoms with E-state index in [1.54, 1.807) is 19.9 Å². The van der Waals surface area contributed by atoms with Crippen LogP contribution in [0.4, 0.5) is 8.78 Å². The molecule has 2 N–H and O–H groups in total. The Morgan fingerprint density at radius 1 is 1.00 bits per heavy atom. The van der Waals surface area contributed by atoms with Crippen molar-refractivity contribution in [3.63, 3.8) is 0 Å². The Bertz CT molecular complexity index is 1090. The summed E-state index contributed by atoms with van der Waals surface area (Å²) in [6.07, 6.45) is 4.05. The summed E-state index contributed by atoms with van der Waals surface area (Å²) in [6, 6.07) is 11.3. The minimum Gasteiger partial charge on any atom is -0.493 e. The first-order chi connectivity index (χ1) is 17.6. The summed E-state index contributed by atoms with van der Waals surface area (Å²) in [4.78, 5) is 28.3. The maximum Gasteiger partial charge on any atom is 0.257 e. The molecule has 0 aliphatic carbocycles. The normalized spacial score (nSPS) is 19.6. The maximum atomic E-state index is 15.0. The first-order valence-electron chi connectivity index (χ1n) is 13.1. The second kappa shape index (κ2) is 11.6. The molecule has 2 aliphatic rings. The van der Waals surface area contributed by atoms with Crippen LogP contribution in [0.15, 0.2) is 42.5 Å². The van der Waals surface area contributed by atoms with Gasteiger partial charge in [0.1, 0.15) is 23.3 Å². The topological polar surface area (TPSA) is 75.9 Å². The molecule has 2 fully saturated rings. The minimum atomic E-state index is -1.18. The first kappa shape index (κ1) is 27.0. The van der Waals surface area contributed by atoms with Gasteiger partial charge in [0.2, 0.25) is 5.91 Å². The number of benzene rings is 2. The number of rotatable bonds is 8. The lowest BCUT2D eigenvalue weighted by Gasteiger charge is -2.34. The van der Waals surface area contributed by atoms with Gasteiger partial charge in [-0.3, -0.25) is 9.59 Å². The Hall–Kier alpha value is -3.00. The largest absolute Gasteiger partial charge is 0.493 e. The quantitative estimate of drug-likeness (QED) is 0.550. The van der Waals surface area contributed by atoms with Gasteiger partial charge in [0, 0.05) is 13.1 Å². The van der Waals surface area contributed by atoms with Gasteiger partial charge >= 0.3 is 0 Å². The van der Waals surface area contributed by atoms with Crippen LogP contribution in [0.5, 0.6) is 5.75 Å². The second-order valence-corrected chi connectivity index (χ2v) is 10.9. The molecule has 0 radical (unpaired) electrons. The molecule has 2 saturated heterocycles. The van der Waals surface area contributed by atoms with Crippen LogP contribution in [0.1, 0.15) is 56.3 Å². The third-order valence-electron chi connectivity index (χ3n) is 7.27. The van der Waals surface area contributed by atoms with Crippen molar-refractivity contribution in [2.24, 2.45) is 11.7 Å². The van der Waals surface area contributed by atoms with E-state index in [1.165, 1.54) is 17.0 Å². The lowest BCUT2D eigenvalue weighted by molar-refractivity contribution is -0.123. The van der Waals surface area contributed by atoms with Crippen LogP contribution in [0.3, 0.4) is 0 Å². The molecule has 0 spiro atoms. The molecule has 2 aromatic carbocycles. The monoisotopic (exact) mass is 513 g/mol. The van der Waals surface area contributed by atoms with Gasteiger partial charge in [0.25, 0.3) is 5.91 Å².